The molecule has 0 unspecified atom stereocenters. The van der Waals surface area contributed by atoms with Crippen LogP contribution < -0.4 is 5.32 Å². The largest absolute Gasteiger partial charge is 0.465 e. The average Bonchev–Trinajstić information content (AvgIpc) is 2.31. The fourth-order valence-corrected chi connectivity index (χ4v) is 1.22. The summed E-state index contributed by atoms with van der Waals surface area (Å²) in [7, 11) is 3.09. The van der Waals surface area contributed by atoms with Gasteiger partial charge in [-0.15, -0.1) is 0 Å². The maximum Gasteiger partial charge on any atom is 0.337 e. The van der Waals surface area contributed by atoms with Crippen LogP contribution in [0, 0.1) is 5.82 Å². The molecule has 1 rings (SSSR count). The van der Waals surface area contributed by atoms with Crippen molar-refractivity contribution in [2.45, 2.75) is 0 Å². The number of carbonyl (C=O) groups is 1. The van der Waals surface area contributed by atoms with Gasteiger partial charge in [0.2, 0.25) is 0 Å². The lowest BCUT2D eigenvalue weighted by atomic mass is 10.1. The first kappa shape index (κ1) is 12.4. The predicted octanol–water partition coefficient (Wildman–Crippen LogP) is 1.84. The van der Waals surface area contributed by atoms with Crippen LogP contribution in [0.3, 0.4) is 0 Å². The number of methoxy groups -OCH3 is 1. The molecule has 0 bridgehead atoms. The van der Waals surface area contributed by atoms with E-state index in [0.717, 1.165) is 0 Å². The number of likely N-dealkylation sites (N-methyl/N-ethyl adjacent to an activating group) is 1. The Labute approximate surface area is 93.9 Å². The molecule has 0 fully saturated rings. The molecule has 3 nitrogen and oxygen atoms in total. The Balaban J connectivity index is 2.94. The van der Waals surface area contributed by atoms with Crippen LogP contribution >= 0.6 is 0 Å². The van der Waals surface area contributed by atoms with E-state index in [4.69, 9.17) is 0 Å². The van der Waals surface area contributed by atoms with Crippen LogP contribution in [0.2, 0.25) is 0 Å². The predicted molar refractivity (Wildman–Crippen MR) is 60.7 cm³/mol. The van der Waals surface area contributed by atoms with Gasteiger partial charge in [0, 0.05) is 12.1 Å². The zero-order valence-electron chi connectivity index (χ0n) is 9.29. The lowest BCUT2D eigenvalue weighted by Gasteiger charge is -2.02. The summed E-state index contributed by atoms with van der Waals surface area (Å²) in [5, 5.41) is 2.91. The SMILES string of the molecule is CNCC=Cc1cc(C(=O)OC)ccc1F. The van der Waals surface area contributed by atoms with E-state index in [1.807, 2.05) is 0 Å². The van der Waals surface area contributed by atoms with Gasteiger partial charge in [0.05, 0.1) is 12.7 Å². The third-order valence-corrected chi connectivity index (χ3v) is 2.04. The Morgan fingerprint density at radius 3 is 2.94 bits per heavy atom. The molecule has 0 saturated carbocycles. The van der Waals surface area contributed by atoms with Crippen molar-refractivity contribution in [1.82, 2.24) is 5.32 Å². The van der Waals surface area contributed by atoms with E-state index in [-0.39, 0.29) is 5.82 Å². The molecule has 0 spiro atoms. The highest BCUT2D eigenvalue weighted by Crippen LogP contribution is 2.13. The topological polar surface area (TPSA) is 38.3 Å². The third-order valence-electron chi connectivity index (χ3n) is 2.04. The second kappa shape index (κ2) is 6.02. The quantitative estimate of drug-likeness (QED) is 0.791. The smallest absolute Gasteiger partial charge is 0.337 e. The fourth-order valence-electron chi connectivity index (χ4n) is 1.22. The van der Waals surface area contributed by atoms with Crippen LogP contribution in [0.4, 0.5) is 4.39 Å². The number of nitrogens with one attached hydrogen (secondary N) is 1. The molecular formula is C12H14FNO2. The van der Waals surface area contributed by atoms with Gasteiger partial charge in [0.15, 0.2) is 0 Å². The molecule has 1 N–H and O–H groups in total. The van der Waals surface area contributed by atoms with Gasteiger partial charge in [0.1, 0.15) is 5.82 Å². The maximum absolute atomic E-state index is 13.3. The van der Waals surface area contributed by atoms with E-state index in [0.29, 0.717) is 17.7 Å². The van der Waals surface area contributed by atoms with Gasteiger partial charge in [-0.1, -0.05) is 12.2 Å². The molecule has 0 aliphatic rings. The normalized spacial score (nSPS) is 10.7. The molecule has 0 heterocycles. The molecule has 86 valence electrons. The first-order valence-electron chi connectivity index (χ1n) is 4.88. The summed E-state index contributed by atoms with van der Waals surface area (Å²) in [6, 6.07) is 4.12. The van der Waals surface area contributed by atoms with Gasteiger partial charge < -0.3 is 10.1 Å². The van der Waals surface area contributed by atoms with Crippen molar-refractivity contribution >= 4 is 12.0 Å². The van der Waals surface area contributed by atoms with Gasteiger partial charge in [-0.3, -0.25) is 0 Å². The molecule has 0 atom stereocenters. The number of esters is 1. The lowest BCUT2D eigenvalue weighted by molar-refractivity contribution is 0.0600. The van der Waals surface area contributed by atoms with Gasteiger partial charge in [0.25, 0.3) is 0 Å². The summed E-state index contributed by atoms with van der Waals surface area (Å²) < 4.78 is 17.9. The van der Waals surface area contributed by atoms with Gasteiger partial charge in [-0.2, -0.15) is 0 Å². The minimum atomic E-state index is -0.469. The van der Waals surface area contributed by atoms with Crippen LogP contribution in [-0.2, 0) is 4.74 Å². The van der Waals surface area contributed by atoms with E-state index in [1.54, 1.807) is 19.2 Å². The van der Waals surface area contributed by atoms with E-state index in [1.165, 1.54) is 25.3 Å². The minimum Gasteiger partial charge on any atom is -0.465 e. The van der Waals surface area contributed by atoms with Crippen molar-refractivity contribution in [3.8, 4) is 0 Å². The molecule has 16 heavy (non-hydrogen) atoms. The summed E-state index contributed by atoms with van der Waals surface area (Å²) in [6.07, 6.45) is 3.40. The molecular weight excluding hydrogens is 209 g/mol. The highest BCUT2D eigenvalue weighted by Gasteiger charge is 2.07. The molecule has 0 amide bonds. The molecule has 0 aromatic heterocycles. The van der Waals surface area contributed by atoms with Crippen molar-refractivity contribution in [3.05, 3.63) is 41.2 Å². The molecule has 1 aromatic carbocycles. The third kappa shape index (κ3) is 3.17. The summed E-state index contributed by atoms with van der Waals surface area (Å²) >= 11 is 0. The van der Waals surface area contributed by atoms with E-state index >= 15 is 0 Å². The second-order valence-corrected chi connectivity index (χ2v) is 3.19. The second-order valence-electron chi connectivity index (χ2n) is 3.19. The maximum atomic E-state index is 13.3. The standard InChI is InChI=1S/C12H14FNO2/c1-14-7-3-4-9-8-10(12(15)16-2)5-6-11(9)13/h3-6,8,14H,7H2,1-2H3. The van der Waals surface area contributed by atoms with Gasteiger partial charge >= 0.3 is 5.97 Å². The fraction of sp³-hybridized carbons (Fsp3) is 0.250. The summed E-state index contributed by atoms with van der Waals surface area (Å²) in [4.78, 5) is 11.2. The van der Waals surface area contributed by atoms with Gasteiger partial charge in [-0.25, -0.2) is 9.18 Å². The Kier molecular flexibility index (Phi) is 4.66. The molecule has 0 radical (unpaired) electrons. The number of rotatable bonds is 4. The van der Waals surface area contributed by atoms with Crippen molar-refractivity contribution in [1.29, 1.82) is 0 Å². The van der Waals surface area contributed by atoms with Crippen molar-refractivity contribution in [2.24, 2.45) is 0 Å². The van der Waals surface area contributed by atoms with Gasteiger partial charge in [-0.05, 0) is 25.2 Å². The zero-order valence-corrected chi connectivity index (χ0v) is 9.29. The van der Waals surface area contributed by atoms with Crippen LogP contribution in [0.15, 0.2) is 24.3 Å². The zero-order chi connectivity index (χ0) is 12.0. The highest BCUT2D eigenvalue weighted by atomic mass is 19.1. The Bertz CT molecular complexity index is 402. The van der Waals surface area contributed by atoms with E-state index in [2.05, 4.69) is 10.1 Å². The van der Waals surface area contributed by atoms with E-state index < -0.39 is 5.97 Å². The van der Waals surface area contributed by atoms with Crippen LogP contribution in [0.5, 0.6) is 0 Å². The van der Waals surface area contributed by atoms with E-state index in [9.17, 15) is 9.18 Å². The highest BCUT2D eigenvalue weighted by molar-refractivity contribution is 5.90. The molecule has 0 saturated heterocycles. The lowest BCUT2D eigenvalue weighted by Crippen LogP contribution is -2.04. The number of benzene rings is 1. The molecule has 0 aliphatic heterocycles. The number of hydrogen-bond acceptors (Lipinski definition) is 3. The number of halogens is 1. The Morgan fingerprint density at radius 1 is 1.56 bits per heavy atom. The van der Waals surface area contributed by atoms with Crippen molar-refractivity contribution < 1.29 is 13.9 Å². The Morgan fingerprint density at radius 2 is 2.31 bits per heavy atom. The molecule has 4 heteroatoms. The van der Waals surface area contributed by atoms with Crippen LogP contribution in [0.1, 0.15) is 15.9 Å². The first-order valence-corrected chi connectivity index (χ1v) is 4.88. The van der Waals surface area contributed by atoms with Crippen molar-refractivity contribution in [2.75, 3.05) is 20.7 Å². The minimum absolute atomic E-state index is 0.341. The summed E-state index contributed by atoms with van der Waals surface area (Å²) in [5.41, 5.74) is 0.714. The Hall–Kier alpha value is -1.68. The number of ether oxygens (including phenoxy) is 1. The molecule has 1 aromatic rings. The molecule has 0 aliphatic carbocycles. The monoisotopic (exact) mass is 223 g/mol. The number of carbonyl (C=O) groups excluding carboxylic acids is 1. The number of hydrogen-bond donors (Lipinski definition) is 1. The first-order chi connectivity index (χ1) is 7.69. The average molecular weight is 223 g/mol. The van der Waals surface area contributed by atoms with Crippen LogP contribution in [-0.4, -0.2) is 26.7 Å². The summed E-state index contributed by atoms with van der Waals surface area (Å²) in [6.45, 7) is 0.641. The van der Waals surface area contributed by atoms with Crippen LogP contribution in [0.25, 0.3) is 6.08 Å². The van der Waals surface area contributed by atoms with Crippen molar-refractivity contribution in [3.63, 3.8) is 0 Å². The summed E-state index contributed by atoms with van der Waals surface area (Å²) in [5.74, 6) is -0.830.